The molecule has 0 saturated carbocycles. The molecular formula is C18H20N6O3. The number of H-pyrrole nitrogens is 1. The second-order valence-corrected chi connectivity index (χ2v) is 6.46. The molecule has 4 rings (SSSR count). The van der Waals surface area contributed by atoms with Gasteiger partial charge < -0.3 is 20.4 Å². The highest BCUT2D eigenvalue weighted by Gasteiger charge is 2.26. The Labute approximate surface area is 155 Å². The van der Waals surface area contributed by atoms with E-state index < -0.39 is 0 Å². The van der Waals surface area contributed by atoms with Crippen LogP contribution in [-0.4, -0.2) is 57.9 Å². The number of carbonyl (C=O) groups excluding carboxylic acids is 2. The van der Waals surface area contributed by atoms with Crippen LogP contribution in [0.4, 0.5) is 0 Å². The van der Waals surface area contributed by atoms with Crippen LogP contribution in [0.25, 0.3) is 11.0 Å². The van der Waals surface area contributed by atoms with Crippen molar-refractivity contribution in [3.8, 4) is 0 Å². The predicted octanol–water partition coefficient (Wildman–Crippen LogP) is 0.490. The number of fused-ring (bicyclic) bond motifs is 2. The fourth-order valence-corrected chi connectivity index (χ4v) is 3.21. The van der Waals surface area contributed by atoms with E-state index in [1.165, 1.54) is 0 Å². The first-order chi connectivity index (χ1) is 13.1. The third kappa shape index (κ3) is 3.54. The highest BCUT2D eigenvalue weighted by molar-refractivity contribution is 5.97. The van der Waals surface area contributed by atoms with Crippen molar-refractivity contribution >= 4 is 22.8 Å². The first-order valence-corrected chi connectivity index (χ1v) is 8.72. The number of nitrogens with one attached hydrogen (secondary N) is 3. The second-order valence-electron chi connectivity index (χ2n) is 6.46. The molecule has 9 nitrogen and oxygen atoms in total. The minimum absolute atomic E-state index is 0.0527. The Morgan fingerprint density at radius 3 is 3.04 bits per heavy atom. The third-order valence-electron chi connectivity index (χ3n) is 4.55. The lowest BCUT2D eigenvalue weighted by Crippen LogP contribution is -2.36. The fourth-order valence-electron chi connectivity index (χ4n) is 3.21. The summed E-state index contributed by atoms with van der Waals surface area (Å²) in [7, 11) is 1.58. The number of nitrogens with zero attached hydrogens (tertiary/aromatic N) is 3. The maximum absolute atomic E-state index is 12.5. The molecule has 0 saturated heterocycles. The van der Waals surface area contributed by atoms with Crippen LogP contribution in [0.2, 0.25) is 0 Å². The van der Waals surface area contributed by atoms with Crippen molar-refractivity contribution in [1.82, 2.24) is 30.4 Å². The highest BCUT2D eigenvalue weighted by atomic mass is 16.5. The van der Waals surface area contributed by atoms with E-state index in [2.05, 4.69) is 25.7 Å². The van der Waals surface area contributed by atoms with Gasteiger partial charge in [-0.25, -0.2) is 4.98 Å². The molecule has 1 aliphatic rings. The lowest BCUT2D eigenvalue weighted by atomic mass is 10.1. The van der Waals surface area contributed by atoms with Crippen molar-refractivity contribution < 1.29 is 14.3 Å². The van der Waals surface area contributed by atoms with Gasteiger partial charge in [-0.3, -0.25) is 14.3 Å². The number of aromatic nitrogens is 4. The van der Waals surface area contributed by atoms with Gasteiger partial charge in [0.15, 0.2) is 0 Å². The minimum Gasteiger partial charge on any atom is -0.383 e. The molecule has 3 aromatic rings. The van der Waals surface area contributed by atoms with Crippen molar-refractivity contribution in [3.05, 3.63) is 47.5 Å². The van der Waals surface area contributed by atoms with Gasteiger partial charge in [0.05, 0.1) is 36.6 Å². The summed E-state index contributed by atoms with van der Waals surface area (Å²) in [6.07, 6.45) is 2.24. The number of carbonyl (C=O) groups is 2. The zero-order valence-corrected chi connectivity index (χ0v) is 14.9. The number of imidazole rings is 1. The van der Waals surface area contributed by atoms with Gasteiger partial charge in [-0.2, -0.15) is 5.10 Å². The summed E-state index contributed by atoms with van der Waals surface area (Å²) in [5.41, 5.74) is 3.54. The smallest absolute Gasteiger partial charge is 0.271 e. The molecule has 9 heteroatoms. The average Bonchev–Trinajstić information content (AvgIpc) is 3.35. The number of aromatic amines is 1. The predicted molar refractivity (Wildman–Crippen MR) is 97.5 cm³/mol. The molecule has 1 aromatic carbocycles. The summed E-state index contributed by atoms with van der Waals surface area (Å²) in [5, 5.41) is 10.1. The standard InChI is InChI=1S/C18H20N6O3/c1-27-5-4-19-18(26)16-8-13-7-12(9-24(13)23-16)22-17(25)11-2-3-14-15(6-11)21-10-20-14/h2-3,6,8,10,12H,4-5,7,9H2,1H3,(H,19,26)(H,20,21)(H,22,25)/t12-/m0/s1. The minimum atomic E-state index is -0.220. The molecule has 1 aliphatic heterocycles. The van der Waals surface area contributed by atoms with E-state index in [9.17, 15) is 9.59 Å². The van der Waals surface area contributed by atoms with Crippen LogP contribution in [0, 0.1) is 0 Å². The summed E-state index contributed by atoms with van der Waals surface area (Å²) in [5.74, 6) is -0.359. The SMILES string of the molecule is COCCNC(=O)c1cc2n(n1)C[C@@H](NC(=O)c1ccc3nc[nH]c3c1)C2. The lowest BCUT2D eigenvalue weighted by molar-refractivity contribution is 0.0921. The fraction of sp³-hybridized carbons (Fsp3) is 0.333. The van der Waals surface area contributed by atoms with E-state index in [1.54, 1.807) is 36.3 Å². The van der Waals surface area contributed by atoms with Crippen molar-refractivity contribution in [1.29, 1.82) is 0 Å². The molecule has 3 N–H and O–H groups in total. The number of hydrogen-bond donors (Lipinski definition) is 3. The molecule has 140 valence electrons. The first-order valence-electron chi connectivity index (χ1n) is 8.72. The topological polar surface area (TPSA) is 114 Å². The Morgan fingerprint density at radius 2 is 2.22 bits per heavy atom. The maximum Gasteiger partial charge on any atom is 0.271 e. The summed E-state index contributed by atoms with van der Waals surface area (Å²) < 4.78 is 6.68. The number of methoxy groups -OCH3 is 1. The Kier molecular flexibility index (Phi) is 4.59. The molecule has 0 bridgehead atoms. The largest absolute Gasteiger partial charge is 0.383 e. The van der Waals surface area contributed by atoms with Crippen molar-refractivity contribution in [2.75, 3.05) is 20.3 Å². The molecule has 2 amide bonds. The van der Waals surface area contributed by atoms with Crippen molar-refractivity contribution in [2.24, 2.45) is 0 Å². The molecule has 0 aliphatic carbocycles. The zero-order valence-electron chi connectivity index (χ0n) is 14.9. The van der Waals surface area contributed by atoms with Crippen LogP contribution in [0.15, 0.2) is 30.6 Å². The van der Waals surface area contributed by atoms with Gasteiger partial charge in [-0.15, -0.1) is 0 Å². The number of benzene rings is 1. The van der Waals surface area contributed by atoms with E-state index in [0.29, 0.717) is 37.4 Å². The van der Waals surface area contributed by atoms with Gasteiger partial charge in [0.2, 0.25) is 0 Å². The molecule has 0 unspecified atom stereocenters. The van der Waals surface area contributed by atoms with Crippen molar-refractivity contribution in [3.63, 3.8) is 0 Å². The van der Waals surface area contributed by atoms with Gasteiger partial charge in [0, 0.05) is 31.3 Å². The Hall–Kier alpha value is -3.20. The summed E-state index contributed by atoms with van der Waals surface area (Å²) in [4.78, 5) is 31.7. The lowest BCUT2D eigenvalue weighted by Gasteiger charge is -2.12. The van der Waals surface area contributed by atoms with Crippen LogP contribution in [0.5, 0.6) is 0 Å². The van der Waals surface area contributed by atoms with Crippen LogP contribution < -0.4 is 10.6 Å². The Balaban J connectivity index is 1.36. The maximum atomic E-state index is 12.5. The van der Waals surface area contributed by atoms with Gasteiger partial charge >= 0.3 is 0 Å². The van der Waals surface area contributed by atoms with E-state index in [1.807, 2.05) is 6.07 Å². The Bertz CT molecular complexity index is 969. The number of rotatable bonds is 6. The summed E-state index contributed by atoms with van der Waals surface area (Å²) in [6, 6.07) is 7.07. The second kappa shape index (κ2) is 7.20. The average molecular weight is 368 g/mol. The normalized spacial score (nSPS) is 15.7. The van der Waals surface area contributed by atoms with Gasteiger partial charge in [-0.05, 0) is 24.3 Å². The van der Waals surface area contributed by atoms with E-state index in [0.717, 1.165) is 16.7 Å². The molecule has 27 heavy (non-hydrogen) atoms. The first kappa shape index (κ1) is 17.2. The monoisotopic (exact) mass is 368 g/mol. The van der Waals surface area contributed by atoms with Crippen molar-refractivity contribution in [2.45, 2.75) is 19.0 Å². The molecule has 0 radical (unpaired) electrons. The molecule has 1 atom stereocenters. The van der Waals surface area contributed by atoms with Gasteiger partial charge in [-0.1, -0.05) is 0 Å². The summed E-state index contributed by atoms with van der Waals surface area (Å²) in [6.45, 7) is 1.44. The molecule has 2 aromatic heterocycles. The quantitative estimate of drug-likeness (QED) is 0.548. The van der Waals surface area contributed by atoms with E-state index in [-0.39, 0.29) is 17.9 Å². The van der Waals surface area contributed by atoms with Crippen LogP contribution >= 0.6 is 0 Å². The summed E-state index contributed by atoms with van der Waals surface area (Å²) >= 11 is 0. The molecule has 3 heterocycles. The van der Waals surface area contributed by atoms with E-state index >= 15 is 0 Å². The van der Waals surface area contributed by atoms with Gasteiger partial charge in [0.1, 0.15) is 5.69 Å². The molecule has 0 fully saturated rings. The van der Waals surface area contributed by atoms with E-state index in [4.69, 9.17) is 4.74 Å². The van der Waals surface area contributed by atoms with Crippen LogP contribution in [0.1, 0.15) is 26.5 Å². The number of amides is 2. The molecule has 0 spiro atoms. The number of hydrogen-bond acceptors (Lipinski definition) is 5. The number of ether oxygens (including phenoxy) is 1. The molecular weight excluding hydrogens is 348 g/mol. The van der Waals surface area contributed by atoms with Gasteiger partial charge in [0.25, 0.3) is 11.8 Å². The Morgan fingerprint density at radius 1 is 1.33 bits per heavy atom. The highest BCUT2D eigenvalue weighted by Crippen LogP contribution is 2.17. The zero-order chi connectivity index (χ0) is 18.8. The third-order valence-corrected chi connectivity index (χ3v) is 4.55. The van der Waals surface area contributed by atoms with Crippen LogP contribution in [0.3, 0.4) is 0 Å². The van der Waals surface area contributed by atoms with Crippen LogP contribution in [-0.2, 0) is 17.7 Å².